The molecule has 1 rings (SSSR count). The Kier molecular flexibility index (Phi) is 3.12. The molecule has 1 saturated heterocycles. The number of rotatable bonds is 0. The van der Waals surface area contributed by atoms with Crippen molar-refractivity contribution in [3.05, 3.63) is 0 Å². The van der Waals surface area contributed by atoms with Gasteiger partial charge < -0.3 is 6.15 Å². The van der Waals surface area contributed by atoms with Crippen LogP contribution in [0.25, 0.3) is 0 Å². The van der Waals surface area contributed by atoms with Gasteiger partial charge in [0.25, 0.3) is 0 Å². The van der Waals surface area contributed by atoms with E-state index in [9.17, 15) is 0 Å². The van der Waals surface area contributed by atoms with Gasteiger partial charge in [0.15, 0.2) is 0 Å². The Labute approximate surface area is 37.7 Å². The van der Waals surface area contributed by atoms with Gasteiger partial charge in [0.1, 0.15) is 22.1 Å². The maximum absolute atomic E-state index is 4.10. The Morgan fingerprint density at radius 1 is 1.00 bits per heavy atom. The summed E-state index contributed by atoms with van der Waals surface area (Å²) in [5.41, 5.74) is 0. The zero-order valence-corrected chi connectivity index (χ0v) is 3.97. The molecule has 0 spiro atoms. The second kappa shape index (κ2) is 2.80. The van der Waals surface area contributed by atoms with Gasteiger partial charge in [-0.25, -0.2) is 0 Å². The van der Waals surface area contributed by atoms with Crippen molar-refractivity contribution in [2.75, 3.05) is 0 Å². The fraction of sp³-hybridized carbons (Fsp3) is 0. The van der Waals surface area contributed by atoms with E-state index in [1.54, 1.807) is 0 Å². The first kappa shape index (κ1) is 5.58. The lowest BCUT2D eigenvalue weighted by molar-refractivity contribution is -0.0649. The van der Waals surface area contributed by atoms with E-state index in [4.69, 9.17) is 0 Å². The maximum Gasteiger partial charge on any atom is 0.136 e. The van der Waals surface area contributed by atoms with E-state index in [0.29, 0.717) is 0 Å². The maximum atomic E-state index is 4.10. The molecule has 0 bridgehead atoms. The van der Waals surface area contributed by atoms with E-state index < -0.39 is 0 Å². The van der Waals surface area contributed by atoms with E-state index in [1.165, 1.54) is 22.1 Å². The molecule has 0 amide bonds. The van der Waals surface area contributed by atoms with E-state index in [0.717, 1.165) is 0 Å². The van der Waals surface area contributed by atoms with Gasteiger partial charge in [0.05, 0.1) is 0 Å². The number of hydrogen-bond acceptors (Lipinski definition) is 5. The van der Waals surface area contributed by atoms with Gasteiger partial charge >= 0.3 is 0 Å². The second-order valence-corrected chi connectivity index (χ2v) is 1.63. The summed E-state index contributed by atoms with van der Waals surface area (Å²) < 4.78 is 8.20. The molecular formula is H3NO2S2. The molecule has 1 aliphatic rings. The lowest BCUT2D eigenvalue weighted by Gasteiger charge is -2.01. The molecule has 0 aromatic carbocycles. The predicted molar refractivity (Wildman–Crippen MR) is 22.4 cm³/mol. The minimum atomic E-state index is 0. The highest BCUT2D eigenvalue weighted by Gasteiger charge is 2.01. The molecule has 3 nitrogen and oxygen atoms in total. The minimum absolute atomic E-state index is 0. The van der Waals surface area contributed by atoms with Crippen molar-refractivity contribution in [1.82, 2.24) is 6.15 Å². The number of hydrogen-bond donors (Lipinski definition) is 1. The molecule has 5 heavy (non-hydrogen) atoms. The molecule has 0 atom stereocenters. The van der Waals surface area contributed by atoms with E-state index in [-0.39, 0.29) is 6.15 Å². The van der Waals surface area contributed by atoms with Crippen LogP contribution in [0.5, 0.6) is 0 Å². The van der Waals surface area contributed by atoms with E-state index in [2.05, 4.69) is 8.67 Å². The van der Waals surface area contributed by atoms with Crippen LogP contribution >= 0.6 is 22.1 Å². The quantitative estimate of drug-likeness (QED) is 0.291. The fourth-order valence-corrected chi connectivity index (χ4v) is 0.250. The molecule has 0 aromatic rings. The Bertz CT molecular complexity index is 15.6. The summed E-state index contributed by atoms with van der Waals surface area (Å²) in [6.07, 6.45) is 0. The van der Waals surface area contributed by atoms with Gasteiger partial charge in [-0.15, -0.1) is 8.67 Å². The van der Waals surface area contributed by atoms with Crippen molar-refractivity contribution in [2.24, 2.45) is 0 Å². The van der Waals surface area contributed by atoms with Crippen molar-refractivity contribution in [3.63, 3.8) is 0 Å². The second-order valence-electron chi connectivity index (χ2n) is 0.272. The third-order valence-corrected chi connectivity index (χ3v) is 1.00. The van der Waals surface area contributed by atoms with Crippen LogP contribution in [0.3, 0.4) is 0 Å². The average molecular weight is 113 g/mol. The van der Waals surface area contributed by atoms with Gasteiger partial charge in [0, 0.05) is 0 Å². The smallest absolute Gasteiger partial charge is 0.136 e. The highest BCUT2D eigenvalue weighted by Crippen LogP contribution is 2.35. The zero-order valence-electron chi connectivity index (χ0n) is 2.34. The van der Waals surface area contributed by atoms with Crippen LogP contribution in [0.15, 0.2) is 0 Å². The molecule has 32 valence electrons. The molecule has 1 fully saturated rings. The van der Waals surface area contributed by atoms with Gasteiger partial charge in [-0.05, 0) is 0 Å². The predicted octanol–water partition coefficient (Wildman–Crippen LogP) is 1.32. The largest absolute Gasteiger partial charge is 0.344 e. The van der Waals surface area contributed by atoms with Crippen LogP contribution in [0, 0.1) is 0 Å². The van der Waals surface area contributed by atoms with Crippen molar-refractivity contribution in [2.45, 2.75) is 0 Å². The fourth-order valence-electron chi connectivity index (χ4n) is 0.0278. The molecule has 3 N–H and O–H groups in total. The Balaban J connectivity index is 0.000000160. The molecule has 5 heteroatoms. The SMILES string of the molecule is N.O1OSS1. The molecule has 0 radical (unpaired) electrons. The zero-order chi connectivity index (χ0) is 2.83. The van der Waals surface area contributed by atoms with E-state index >= 15 is 0 Å². The normalized spacial score (nSPS) is 19.2. The molecule has 1 heterocycles. The lowest BCUT2D eigenvalue weighted by atomic mass is 14.0. The molecule has 0 aromatic heterocycles. The summed E-state index contributed by atoms with van der Waals surface area (Å²) in [7, 11) is 0. The molecule has 0 unspecified atom stereocenters. The molecular weight excluding hydrogens is 110 g/mol. The standard InChI is InChI=1S/H3N.O2S2/c;1-2-4-3-1/h1H3;. The van der Waals surface area contributed by atoms with Crippen molar-refractivity contribution < 1.29 is 8.67 Å². The van der Waals surface area contributed by atoms with Crippen molar-refractivity contribution in [1.29, 1.82) is 0 Å². The monoisotopic (exact) mass is 113 g/mol. The highest BCUT2D eigenvalue weighted by atomic mass is 33.1. The van der Waals surface area contributed by atoms with Crippen molar-refractivity contribution in [3.8, 4) is 0 Å². The first-order chi connectivity index (χ1) is 2.00. The Morgan fingerprint density at radius 3 is 1.20 bits per heavy atom. The van der Waals surface area contributed by atoms with Crippen LogP contribution in [0.1, 0.15) is 0 Å². The first-order valence-electron chi connectivity index (χ1n) is 0.667. The summed E-state index contributed by atoms with van der Waals surface area (Å²) in [4.78, 5) is 0. The van der Waals surface area contributed by atoms with Gasteiger partial charge in [-0.3, -0.25) is 0 Å². The van der Waals surface area contributed by atoms with Crippen molar-refractivity contribution >= 4 is 22.1 Å². The van der Waals surface area contributed by atoms with E-state index in [1.807, 2.05) is 0 Å². The molecule has 0 saturated carbocycles. The lowest BCUT2D eigenvalue weighted by Crippen LogP contribution is -1.77. The minimum Gasteiger partial charge on any atom is -0.344 e. The average Bonchev–Trinajstić information content (AvgIpc) is 0.722. The summed E-state index contributed by atoms with van der Waals surface area (Å²) in [5, 5.41) is 0. The van der Waals surface area contributed by atoms with Crippen LogP contribution in [-0.4, -0.2) is 0 Å². The van der Waals surface area contributed by atoms with Gasteiger partial charge in [-0.1, -0.05) is 0 Å². The van der Waals surface area contributed by atoms with Crippen LogP contribution in [0.2, 0.25) is 0 Å². The Morgan fingerprint density at radius 2 is 1.20 bits per heavy atom. The first-order valence-corrected chi connectivity index (χ1v) is 2.67. The highest BCUT2D eigenvalue weighted by molar-refractivity contribution is 8.74. The summed E-state index contributed by atoms with van der Waals surface area (Å²) in [6, 6.07) is 0. The third-order valence-electron chi connectivity index (χ3n) is 0.111. The van der Waals surface area contributed by atoms with Crippen LogP contribution < -0.4 is 6.15 Å². The molecule has 1 aliphatic heterocycles. The summed E-state index contributed by atoms with van der Waals surface area (Å²) >= 11 is 2.46. The summed E-state index contributed by atoms with van der Waals surface area (Å²) in [6.45, 7) is 0. The van der Waals surface area contributed by atoms with Gasteiger partial charge in [0.2, 0.25) is 0 Å². The van der Waals surface area contributed by atoms with Crippen LogP contribution in [0.4, 0.5) is 0 Å². The van der Waals surface area contributed by atoms with Gasteiger partial charge in [-0.2, -0.15) is 0 Å². The molecule has 0 aliphatic carbocycles. The Hall–Kier alpha value is 0.580. The van der Waals surface area contributed by atoms with Crippen LogP contribution in [-0.2, 0) is 8.67 Å². The summed E-state index contributed by atoms with van der Waals surface area (Å²) in [5.74, 6) is 0. The topological polar surface area (TPSA) is 53.5 Å². The third kappa shape index (κ3) is 1.45.